The normalized spacial score (nSPS) is 12.1. The number of hydrogen-bond acceptors (Lipinski definition) is 3. The highest BCUT2D eigenvalue weighted by molar-refractivity contribution is 6.30. The topological polar surface area (TPSA) is 79.5 Å². The van der Waals surface area contributed by atoms with Crippen molar-refractivity contribution in [2.45, 2.75) is 19.4 Å². The lowest BCUT2D eigenvalue weighted by Crippen LogP contribution is -2.40. The predicted octanol–water partition coefficient (Wildman–Crippen LogP) is 1.53. The Morgan fingerprint density at radius 2 is 2.33 bits per heavy atom. The molecule has 1 atom stereocenters. The summed E-state index contributed by atoms with van der Waals surface area (Å²) in [5.41, 5.74) is 0. The highest BCUT2D eigenvalue weighted by Crippen LogP contribution is 2.13. The minimum absolute atomic E-state index is 0.000278. The van der Waals surface area contributed by atoms with Gasteiger partial charge in [0.1, 0.15) is 12.3 Å². The molecule has 0 aliphatic heterocycles. The highest BCUT2D eigenvalue weighted by atomic mass is 35.5. The molecule has 1 amide bonds. The molecule has 0 saturated heterocycles. The zero-order valence-electron chi connectivity index (χ0n) is 7.99. The average molecular weight is 232 g/mol. The van der Waals surface area contributed by atoms with Gasteiger partial charge in [-0.15, -0.1) is 0 Å². The largest absolute Gasteiger partial charge is 0.480 e. The lowest BCUT2D eigenvalue weighted by atomic mass is 10.2. The van der Waals surface area contributed by atoms with Crippen molar-refractivity contribution in [2.24, 2.45) is 0 Å². The fourth-order valence-corrected chi connectivity index (χ4v) is 1.14. The second-order valence-electron chi connectivity index (χ2n) is 2.90. The van der Waals surface area contributed by atoms with Crippen LogP contribution in [0, 0.1) is 0 Å². The lowest BCUT2D eigenvalue weighted by Gasteiger charge is -2.10. The number of furan rings is 1. The van der Waals surface area contributed by atoms with Gasteiger partial charge in [-0.3, -0.25) is 4.79 Å². The third kappa shape index (κ3) is 2.99. The summed E-state index contributed by atoms with van der Waals surface area (Å²) in [6.07, 6.45) is 1.51. The van der Waals surface area contributed by atoms with Crippen LogP contribution in [0.5, 0.6) is 0 Å². The standard InChI is InChI=1S/C9H10ClNO4/c1-2-6(9(13)14)11-8(12)7-3-5(10)4-15-7/h3-4,6H,2H2,1H3,(H,11,12)(H,13,14). The molecule has 0 aliphatic carbocycles. The number of carboxylic acid groups (broad SMARTS) is 1. The molecular formula is C9H10ClNO4. The van der Waals surface area contributed by atoms with Crippen LogP contribution in [-0.2, 0) is 4.79 Å². The predicted molar refractivity (Wildman–Crippen MR) is 52.9 cm³/mol. The van der Waals surface area contributed by atoms with E-state index in [4.69, 9.17) is 21.1 Å². The summed E-state index contributed by atoms with van der Waals surface area (Å²) in [5, 5.41) is 11.3. The number of aliphatic carboxylic acids is 1. The molecule has 0 spiro atoms. The van der Waals surface area contributed by atoms with Gasteiger partial charge < -0.3 is 14.8 Å². The van der Waals surface area contributed by atoms with Crippen LogP contribution < -0.4 is 5.32 Å². The quantitative estimate of drug-likeness (QED) is 0.824. The molecule has 0 fully saturated rings. The second kappa shape index (κ2) is 4.84. The Kier molecular flexibility index (Phi) is 3.74. The van der Waals surface area contributed by atoms with Gasteiger partial charge in [-0.05, 0) is 6.42 Å². The minimum atomic E-state index is -1.08. The van der Waals surface area contributed by atoms with Gasteiger partial charge in [-0.2, -0.15) is 0 Å². The molecule has 2 N–H and O–H groups in total. The molecule has 1 aromatic rings. The zero-order valence-corrected chi connectivity index (χ0v) is 8.75. The molecule has 1 unspecified atom stereocenters. The average Bonchev–Trinajstić information content (AvgIpc) is 2.60. The summed E-state index contributed by atoms with van der Waals surface area (Å²) in [4.78, 5) is 22.0. The van der Waals surface area contributed by atoms with E-state index in [1.807, 2.05) is 0 Å². The molecule has 0 bridgehead atoms. The molecule has 1 rings (SSSR count). The second-order valence-corrected chi connectivity index (χ2v) is 3.34. The Morgan fingerprint density at radius 3 is 2.73 bits per heavy atom. The Hall–Kier alpha value is -1.49. The van der Waals surface area contributed by atoms with Crippen LogP contribution in [0.1, 0.15) is 23.9 Å². The van der Waals surface area contributed by atoms with Crippen LogP contribution in [0.2, 0.25) is 5.02 Å². The van der Waals surface area contributed by atoms with Crippen molar-refractivity contribution in [1.82, 2.24) is 5.32 Å². The van der Waals surface area contributed by atoms with E-state index in [2.05, 4.69) is 5.32 Å². The van der Waals surface area contributed by atoms with E-state index < -0.39 is 17.9 Å². The van der Waals surface area contributed by atoms with Gasteiger partial charge in [-0.25, -0.2) is 4.79 Å². The van der Waals surface area contributed by atoms with E-state index in [-0.39, 0.29) is 5.76 Å². The van der Waals surface area contributed by atoms with E-state index >= 15 is 0 Å². The Bertz CT molecular complexity index is 374. The number of rotatable bonds is 4. The van der Waals surface area contributed by atoms with Crippen molar-refractivity contribution >= 4 is 23.5 Å². The number of amides is 1. The molecule has 1 heterocycles. The third-order valence-corrected chi connectivity index (χ3v) is 2.00. The van der Waals surface area contributed by atoms with Crippen LogP contribution in [0.4, 0.5) is 0 Å². The first-order valence-electron chi connectivity index (χ1n) is 4.32. The number of carbonyl (C=O) groups is 2. The molecule has 15 heavy (non-hydrogen) atoms. The molecule has 0 radical (unpaired) electrons. The SMILES string of the molecule is CCC(NC(=O)c1cc(Cl)co1)C(=O)O. The van der Waals surface area contributed by atoms with Gasteiger partial charge >= 0.3 is 5.97 Å². The number of halogens is 1. The van der Waals surface area contributed by atoms with Gasteiger partial charge in [0.25, 0.3) is 5.91 Å². The maximum Gasteiger partial charge on any atom is 0.326 e. The van der Waals surface area contributed by atoms with Crippen molar-refractivity contribution < 1.29 is 19.1 Å². The van der Waals surface area contributed by atoms with Gasteiger partial charge in [0, 0.05) is 6.07 Å². The van der Waals surface area contributed by atoms with E-state index in [0.29, 0.717) is 11.4 Å². The lowest BCUT2D eigenvalue weighted by molar-refractivity contribution is -0.139. The number of carboxylic acids is 1. The maximum atomic E-state index is 11.4. The molecular weight excluding hydrogens is 222 g/mol. The molecule has 6 heteroatoms. The molecule has 0 aromatic carbocycles. The molecule has 1 aromatic heterocycles. The Morgan fingerprint density at radius 1 is 1.67 bits per heavy atom. The Labute approximate surface area is 91.0 Å². The van der Waals surface area contributed by atoms with Gasteiger partial charge in [0.2, 0.25) is 0 Å². The van der Waals surface area contributed by atoms with Crippen LogP contribution in [0.15, 0.2) is 16.7 Å². The number of nitrogens with one attached hydrogen (secondary N) is 1. The fourth-order valence-electron chi connectivity index (χ4n) is 1.000. The van der Waals surface area contributed by atoms with Crippen LogP contribution in [0.3, 0.4) is 0 Å². The summed E-state index contributed by atoms with van der Waals surface area (Å²) >= 11 is 5.55. The summed E-state index contributed by atoms with van der Waals surface area (Å²) < 4.78 is 4.81. The van der Waals surface area contributed by atoms with E-state index in [1.54, 1.807) is 6.92 Å². The van der Waals surface area contributed by atoms with E-state index in [9.17, 15) is 9.59 Å². The van der Waals surface area contributed by atoms with Crippen LogP contribution in [0.25, 0.3) is 0 Å². The highest BCUT2D eigenvalue weighted by Gasteiger charge is 2.20. The first kappa shape index (κ1) is 11.6. The van der Waals surface area contributed by atoms with Crippen LogP contribution >= 0.6 is 11.6 Å². The summed E-state index contributed by atoms with van der Waals surface area (Å²) in [6.45, 7) is 1.66. The number of carbonyl (C=O) groups excluding carboxylic acids is 1. The fraction of sp³-hybridized carbons (Fsp3) is 0.333. The molecule has 82 valence electrons. The summed E-state index contributed by atoms with van der Waals surface area (Å²) in [7, 11) is 0. The number of hydrogen-bond donors (Lipinski definition) is 2. The van der Waals surface area contributed by atoms with Crippen molar-refractivity contribution in [1.29, 1.82) is 0 Å². The Balaban J connectivity index is 2.66. The van der Waals surface area contributed by atoms with E-state index in [1.165, 1.54) is 12.3 Å². The smallest absolute Gasteiger partial charge is 0.326 e. The van der Waals surface area contributed by atoms with Gasteiger partial charge in [0.05, 0.1) is 5.02 Å². The maximum absolute atomic E-state index is 11.4. The van der Waals surface area contributed by atoms with Crippen LogP contribution in [-0.4, -0.2) is 23.0 Å². The minimum Gasteiger partial charge on any atom is -0.480 e. The molecule has 0 saturated carbocycles. The van der Waals surface area contributed by atoms with Gasteiger partial charge in [0.15, 0.2) is 5.76 Å². The van der Waals surface area contributed by atoms with E-state index in [0.717, 1.165) is 0 Å². The monoisotopic (exact) mass is 231 g/mol. The first-order chi connectivity index (χ1) is 7.04. The molecule has 5 nitrogen and oxygen atoms in total. The third-order valence-electron chi connectivity index (χ3n) is 1.80. The van der Waals surface area contributed by atoms with Gasteiger partial charge in [-0.1, -0.05) is 18.5 Å². The van der Waals surface area contributed by atoms with Crippen molar-refractivity contribution in [3.63, 3.8) is 0 Å². The molecule has 0 aliphatic rings. The van der Waals surface area contributed by atoms with Crippen molar-refractivity contribution in [3.05, 3.63) is 23.1 Å². The van der Waals surface area contributed by atoms with Crippen molar-refractivity contribution in [3.8, 4) is 0 Å². The zero-order chi connectivity index (χ0) is 11.4. The first-order valence-corrected chi connectivity index (χ1v) is 4.70. The summed E-state index contributed by atoms with van der Waals surface area (Å²) in [6, 6.07) is 0.409. The summed E-state index contributed by atoms with van der Waals surface area (Å²) in [5.74, 6) is -1.67. The van der Waals surface area contributed by atoms with Crippen molar-refractivity contribution in [2.75, 3.05) is 0 Å².